The summed E-state index contributed by atoms with van der Waals surface area (Å²) in [5.41, 5.74) is 1.53. The average molecular weight is 383 g/mol. The van der Waals surface area contributed by atoms with Crippen molar-refractivity contribution < 1.29 is 19.1 Å². The highest BCUT2D eigenvalue weighted by molar-refractivity contribution is 6.01. The maximum absolute atomic E-state index is 13.3. The van der Waals surface area contributed by atoms with Crippen molar-refractivity contribution in [1.82, 2.24) is 10.6 Å². The fraction of sp³-hybridized carbons (Fsp3) is 0.333. The Morgan fingerprint density at radius 2 is 1.96 bits per heavy atom. The number of likely N-dealkylation sites (N-methyl/N-ethyl adjacent to an activating group) is 1. The van der Waals surface area contributed by atoms with E-state index in [2.05, 4.69) is 10.6 Å². The number of anilines is 1. The Morgan fingerprint density at radius 1 is 1.25 bits per heavy atom. The van der Waals surface area contributed by atoms with Crippen LogP contribution in [-0.2, 0) is 16.1 Å². The second-order valence-electron chi connectivity index (χ2n) is 6.59. The van der Waals surface area contributed by atoms with Gasteiger partial charge in [0, 0.05) is 5.56 Å². The molecule has 0 spiro atoms. The molecule has 1 aliphatic rings. The zero-order chi connectivity index (χ0) is 20.1. The van der Waals surface area contributed by atoms with Gasteiger partial charge in [-0.25, -0.2) is 0 Å². The Kier molecular flexibility index (Phi) is 6.16. The minimum atomic E-state index is -0.787. The molecule has 0 saturated heterocycles. The van der Waals surface area contributed by atoms with E-state index in [1.54, 1.807) is 26.0 Å². The van der Waals surface area contributed by atoms with E-state index in [9.17, 15) is 9.59 Å². The Bertz CT molecular complexity index is 855. The molecule has 3 rings (SSSR count). The van der Waals surface area contributed by atoms with Crippen LogP contribution in [-0.4, -0.2) is 44.7 Å². The zero-order valence-corrected chi connectivity index (χ0v) is 16.3. The van der Waals surface area contributed by atoms with Gasteiger partial charge in [-0.15, -0.1) is 0 Å². The fourth-order valence-corrected chi connectivity index (χ4v) is 3.05. The Labute approximate surface area is 164 Å². The van der Waals surface area contributed by atoms with E-state index in [-0.39, 0.29) is 18.4 Å². The van der Waals surface area contributed by atoms with Gasteiger partial charge >= 0.3 is 0 Å². The minimum Gasteiger partial charge on any atom is -0.496 e. The number of rotatable bonds is 6. The number of amides is 2. The third kappa shape index (κ3) is 4.09. The first kappa shape index (κ1) is 19.7. The van der Waals surface area contributed by atoms with Crippen molar-refractivity contribution in [3.8, 4) is 11.5 Å². The molecule has 1 aliphatic heterocycles. The maximum Gasteiger partial charge on any atom is 0.253 e. The molecule has 0 fully saturated rings. The molecule has 0 saturated carbocycles. The van der Waals surface area contributed by atoms with Crippen molar-refractivity contribution in [3.05, 3.63) is 54.1 Å². The number of carbonyl (C=O) groups excluding carboxylic acids is 2. The van der Waals surface area contributed by atoms with Crippen molar-refractivity contribution in [2.24, 2.45) is 0 Å². The van der Waals surface area contributed by atoms with E-state index < -0.39 is 12.1 Å². The summed E-state index contributed by atoms with van der Waals surface area (Å²) in [6, 6.07) is 13.7. The lowest BCUT2D eigenvalue weighted by Gasteiger charge is -2.26. The Hall–Kier alpha value is -3.06. The van der Waals surface area contributed by atoms with Gasteiger partial charge in [-0.3, -0.25) is 9.59 Å². The number of fused-ring (bicyclic) bond motifs is 1. The summed E-state index contributed by atoms with van der Waals surface area (Å²) in [7, 11) is 3.29. The molecule has 2 amide bonds. The van der Waals surface area contributed by atoms with Gasteiger partial charge in [-0.05, 0) is 32.2 Å². The van der Waals surface area contributed by atoms with Gasteiger partial charge in [-0.2, -0.15) is 0 Å². The minimum absolute atomic E-state index is 0.0699. The quantitative estimate of drug-likeness (QED) is 0.794. The maximum atomic E-state index is 13.3. The zero-order valence-electron chi connectivity index (χ0n) is 16.3. The molecular formula is C21H25N3O4. The first-order valence-electron chi connectivity index (χ1n) is 9.18. The van der Waals surface area contributed by atoms with E-state index in [1.807, 2.05) is 48.5 Å². The fourth-order valence-electron chi connectivity index (χ4n) is 3.05. The molecule has 0 radical (unpaired) electrons. The molecule has 2 atom stereocenters. The molecule has 2 N–H and O–H groups in total. The lowest BCUT2D eigenvalue weighted by molar-refractivity contribution is -0.129. The molecule has 2 aromatic rings. The standard InChI is InChI=1S/C21H25N3O4/c1-14(22-2)20(25)23-16-13-28-19-11-7-5-9-17(19)24(21(16)26)12-15-8-4-6-10-18(15)27-3/h4-11,14,16,22H,12-13H2,1-3H3,(H,23,25)/t14-,16?/m0/s1. The average Bonchev–Trinajstić information content (AvgIpc) is 2.85. The second-order valence-corrected chi connectivity index (χ2v) is 6.59. The van der Waals surface area contributed by atoms with Gasteiger partial charge in [0.25, 0.3) is 5.91 Å². The molecular weight excluding hydrogens is 358 g/mol. The topological polar surface area (TPSA) is 79.9 Å². The van der Waals surface area contributed by atoms with Crippen LogP contribution in [0, 0.1) is 0 Å². The predicted molar refractivity (Wildman–Crippen MR) is 107 cm³/mol. The van der Waals surface area contributed by atoms with Gasteiger partial charge < -0.3 is 25.0 Å². The molecule has 7 heteroatoms. The van der Waals surface area contributed by atoms with E-state index in [4.69, 9.17) is 9.47 Å². The summed E-state index contributed by atoms with van der Waals surface area (Å²) in [6.07, 6.45) is 0. The summed E-state index contributed by atoms with van der Waals surface area (Å²) in [6.45, 7) is 2.11. The molecule has 1 unspecified atom stereocenters. The second kappa shape index (κ2) is 8.75. The Morgan fingerprint density at radius 3 is 2.71 bits per heavy atom. The smallest absolute Gasteiger partial charge is 0.253 e. The molecule has 0 aromatic heterocycles. The lowest BCUT2D eigenvalue weighted by atomic mass is 10.1. The molecule has 1 heterocycles. The van der Waals surface area contributed by atoms with E-state index in [1.165, 1.54) is 0 Å². The molecule has 0 bridgehead atoms. The Balaban J connectivity index is 1.93. The highest BCUT2D eigenvalue weighted by Gasteiger charge is 2.33. The number of nitrogens with one attached hydrogen (secondary N) is 2. The van der Waals surface area contributed by atoms with Crippen molar-refractivity contribution in [3.63, 3.8) is 0 Å². The number of para-hydroxylation sites is 3. The van der Waals surface area contributed by atoms with E-state index in [0.717, 1.165) is 5.56 Å². The molecule has 7 nitrogen and oxygen atoms in total. The van der Waals surface area contributed by atoms with E-state index in [0.29, 0.717) is 23.7 Å². The van der Waals surface area contributed by atoms with Crippen LogP contribution < -0.4 is 25.0 Å². The van der Waals surface area contributed by atoms with Crippen molar-refractivity contribution >= 4 is 17.5 Å². The third-order valence-electron chi connectivity index (χ3n) is 4.79. The number of methoxy groups -OCH3 is 1. The number of carbonyl (C=O) groups is 2. The molecule has 2 aromatic carbocycles. The van der Waals surface area contributed by atoms with Crippen molar-refractivity contribution in [2.75, 3.05) is 25.7 Å². The first-order chi connectivity index (χ1) is 13.5. The van der Waals surface area contributed by atoms with Gasteiger partial charge in [0.1, 0.15) is 24.1 Å². The molecule has 0 aliphatic carbocycles. The summed E-state index contributed by atoms with van der Waals surface area (Å²) >= 11 is 0. The van der Waals surface area contributed by atoms with Gasteiger partial charge in [0.15, 0.2) is 0 Å². The van der Waals surface area contributed by atoms with Crippen LogP contribution in [0.3, 0.4) is 0 Å². The largest absolute Gasteiger partial charge is 0.496 e. The summed E-state index contributed by atoms with van der Waals surface area (Å²) in [5.74, 6) is 0.812. The number of hydrogen-bond acceptors (Lipinski definition) is 5. The number of ether oxygens (including phenoxy) is 2. The van der Waals surface area contributed by atoms with Gasteiger partial charge in [0.05, 0.1) is 25.4 Å². The van der Waals surface area contributed by atoms with Gasteiger partial charge in [0.2, 0.25) is 5.91 Å². The van der Waals surface area contributed by atoms with Gasteiger partial charge in [-0.1, -0.05) is 30.3 Å². The van der Waals surface area contributed by atoms with Crippen LogP contribution in [0.1, 0.15) is 12.5 Å². The SMILES string of the molecule is CN[C@@H](C)C(=O)NC1COc2ccccc2N(Cc2ccccc2OC)C1=O. The lowest BCUT2D eigenvalue weighted by Crippen LogP contribution is -2.53. The number of nitrogens with zero attached hydrogens (tertiary/aromatic N) is 1. The van der Waals surface area contributed by atoms with Crippen LogP contribution in [0.4, 0.5) is 5.69 Å². The predicted octanol–water partition coefficient (Wildman–Crippen LogP) is 1.71. The summed E-state index contributed by atoms with van der Waals surface area (Å²) in [4.78, 5) is 27.3. The monoisotopic (exact) mass is 383 g/mol. The summed E-state index contributed by atoms with van der Waals surface area (Å²) in [5, 5.41) is 5.66. The van der Waals surface area contributed by atoms with Crippen LogP contribution >= 0.6 is 0 Å². The summed E-state index contributed by atoms with van der Waals surface area (Å²) < 4.78 is 11.3. The molecule has 148 valence electrons. The number of benzene rings is 2. The third-order valence-corrected chi connectivity index (χ3v) is 4.79. The first-order valence-corrected chi connectivity index (χ1v) is 9.18. The normalized spacial score (nSPS) is 17.2. The number of hydrogen-bond donors (Lipinski definition) is 2. The van der Waals surface area contributed by atoms with Crippen LogP contribution in [0.2, 0.25) is 0 Å². The van der Waals surface area contributed by atoms with E-state index >= 15 is 0 Å². The van der Waals surface area contributed by atoms with Crippen LogP contribution in [0.15, 0.2) is 48.5 Å². The molecule has 28 heavy (non-hydrogen) atoms. The highest BCUT2D eigenvalue weighted by Crippen LogP contribution is 2.33. The van der Waals surface area contributed by atoms with Crippen molar-refractivity contribution in [2.45, 2.75) is 25.6 Å². The highest BCUT2D eigenvalue weighted by atomic mass is 16.5. The van der Waals surface area contributed by atoms with Crippen LogP contribution in [0.25, 0.3) is 0 Å². The van der Waals surface area contributed by atoms with Crippen LogP contribution in [0.5, 0.6) is 11.5 Å². The van der Waals surface area contributed by atoms with Crippen molar-refractivity contribution in [1.29, 1.82) is 0 Å².